The van der Waals surface area contributed by atoms with Gasteiger partial charge < -0.3 is 4.90 Å². The summed E-state index contributed by atoms with van der Waals surface area (Å²) < 4.78 is 13.1. The van der Waals surface area contributed by atoms with E-state index >= 15 is 0 Å². The lowest BCUT2D eigenvalue weighted by molar-refractivity contribution is -0.131. The summed E-state index contributed by atoms with van der Waals surface area (Å²) in [7, 11) is 0. The normalized spacial score (nSPS) is 17.5. The van der Waals surface area contributed by atoms with Gasteiger partial charge >= 0.3 is 0 Å². The van der Waals surface area contributed by atoms with Crippen LogP contribution in [0.15, 0.2) is 36.4 Å². The van der Waals surface area contributed by atoms with Gasteiger partial charge in [-0.05, 0) is 55.2 Å². The van der Waals surface area contributed by atoms with Crippen LogP contribution in [-0.4, -0.2) is 22.3 Å². The Hall–Kier alpha value is -2.23. The monoisotopic (exact) mass is 312 g/mol. The number of aryl methyl sites for hydroxylation is 1. The highest BCUT2D eigenvalue weighted by molar-refractivity contribution is 5.76. The third kappa shape index (κ3) is 3.26. The van der Waals surface area contributed by atoms with E-state index in [0.29, 0.717) is 6.42 Å². The SMILES string of the molecule is CCC(=O)N1CCCC1c1cc(-c2ccc(F)cc2)cc(C)n1. The molecule has 0 spiro atoms. The Morgan fingerprint density at radius 3 is 2.70 bits per heavy atom. The van der Waals surface area contributed by atoms with Crippen LogP contribution in [0.4, 0.5) is 4.39 Å². The fourth-order valence-electron chi connectivity index (χ4n) is 3.25. The number of carbonyl (C=O) groups excluding carboxylic acids is 1. The van der Waals surface area contributed by atoms with Gasteiger partial charge in [0.1, 0.15) is 5.82 Å². The number of pyridine rings is 1. The third-order valence-corrected chi connectivity index (χ3v) is 4.37. The van der Waals surface area contributed by atoms with Gasteiger partial charge in [0.15, 0.2) is 0 Å². The first-order valence-corrected chi connectivity index (χ1v) is 8.12. The predicted molar refractivity (Wildman–Crippen MR) is 88.3 cm³/mol. The van der Waals surface area contributed by atoms with Crippen LogP contribution >= 0.6 is 0 Å². The van der Waals surface area contributed by atoms with Gasteiger partial charge in [0.2, 0.25) is 5.91 Å². The first-order chi connectivity index (χ1) is 11.1. The van der Waals surface area contributed by atoms with E-state index in [1.54, 1.807) is 12.1 Å². The quantitative estimate of drug-likeness (QED) is 0.848. The lowest BCUT2D eigenvalue weighted by atomic mass is 10.0. The molecule has 1 saturated heterocycles. The molecule has 3 rings (SSSR count). The van der Waals surface area contributed by atoms with Crippen molar-refractivity contribution < 1.29 is 9.18 Å². The lowest BCUT2D eigenvalue weighted by Crippen LogP contribution is -2.30. The zero-order valence-electron chi connectivity index (χ0n) is 13.6. The minimum absolute atomic E-state index is 0.0570. The van der Waals surface area contributed by atoms with Crippen LogP contribution in [0.2, 0.25) is 0 Å². The summed E-state index contributed by atoms with van der Waals surface area (Å²) in [5.41, 5.74) is 3.83. The van der Waals surface area contributed by atoms with E-state index in [2.05, 4.69) is 4.98 Å². The van der Waals surface area contributed by atoms with Crippen LogP contribution in [-0.2, 0) is 4.79 Å². The summed E-state index contributed by atoms with van der Waals surface area (Å²) in [6.07, 6.45) is 2.48. The molecule has 2 heterocycles. The van der Waals surface area contributed by atoms with Crippen LogP contribution < -0.4 is 0 Å². The molecular formula is C19H21FN2O. The van der Waals surface area contributed by atoms with E-state index in [9.17, 15) is 9.18 Å². The van der Waals surface area contributed by atoms with Crippen LogP contribution in [0, 0.1) is 12.7 Å². The molecule has 1 unspecified atom stereocenters. The average molecular weight is 312 g/mol. The van der Waals surface area contributed by atoms with Crippen molar-refractivity contribution in [2.75, 3.05) is 6.54 Å². The molecule has 1 fully saturated rings. The Bertz CT molecular complexity index is 712. The number of likely N-dealkylation sites (tertiary alicyclic amines) is 1. The average Bonchev–Trinajstić information content (AvgIpc) is 3.04. The summed E-state index contributed by atoms with van der Waals surface area (Å²) in [6, 6.07) is 10.6. The number of hydrogen-bond donors (Lipinski definition) is 0. The maximum Gasteiger partial charge on any atom is 0.222 e. The molecule has 0 bridgehead atoms. The molecule has 0 aliphatic carbocycles. The summed E-state index contributed by atoms with van der Waals surface area (Å²) in [5.74, 6) is -0.0607. The minimum atomic E-state index is -0.240. The van der Waals surface area contributed by atoms with E-state index in [1.165, 1.54) is 12.1 Å². The van der Waals surface area contributed by atoms with Crippen molar-refractivity contribution >= 4 is 5.91 Å². The van der Waals surface area contributed by atoms with Crippen molar-refractivity contribution in [1.82, 2.24) is 9.88 Å². The fourth-order valence-corrected chi connectivity index (χ4v) is 3.25. The zero-order valence-corrected chi connectivity index (χ0v) is 13.6. The van der Waals surface area contributed by atoms with Crippen LogP contribution in [0.25, 0.3) is 11.1 Å². The van der Waals surface area contributed by atoms with Gasteiger partial charge in [-0.25, -0.2) is 4.39 Å². The van der Waals surface area contributed by atoms with Gasteiger partial charge in [-0.1, -0.05) is 19.1 Å². The molecule has 120 valence electrons. The van der Waals surface area contributed by atoms with Gasteiger partial charge in [0, 0.05) is 18.7 Å². The molecule has 1 aliphatic rings. The van der Waals surface area contributed by atoms with E-state index in [0.717, 1.165) is 41.9 Å². The highest BCUT2D eigenvalue weighted by Gasteiger charge is 2.30. The fraction of sp³-hybridized carbons (Fsp3) is 0.368. The van der Waals surface area contributed by atoms with Crippen molar-refractivity contribution in [1.29, 1.82) is 0 Å². The molecule has 1 aromatic carbocycles. The summed E-state index contributed by atoms with van der Waals surface area (Å²) in [6.45, 7) is 4.65. The van der Waals surface area contributed by atoms with Crippen LogP contribution in [0.1, 0.15) is 43.6 Å². The second-order valence-electron chi connectivity index (χ2n) is 6.03. The lowest BCUT2D eigenvalue weighted by Gasteiger charge is -2.24. The maximum absolute atomic E-state index is 13.1. The van der Waals surface area contributed by atoms with E-state index < -0.39 is 0 Å². The Balaban J connectivity index is 1.97. The number of amides is 1. The van der Waals surface area contributed by atoms with E-state index in [-0.39, 0.29) is 17.8 Å². The van der Waals surface area contributed by atoms with Gasteiger partial charge in [0.25, 0.3) is 0 Å². The van der Waals surface area contributed by atoms with Crippen molar-refractivity contribution in [2.24, 2.45) is 0 Å². The Labute approximate surface area is 136 Å². The number of carbonyl (C=O) groups is 1. The Kier molecular flexibility index (Phi) is 4.42. The summed E-state index contributed by atoms with van der Waals surface area (Å²) >= 11 is 0. The molecule has 1 atom stereocenters. The van der Waals surface area contributed by atoms with Crippen LogP contribution in [0.3, 0.4) is 0 Å². The largest absolute Gasteiger partial charge is 0.334 e. The number of aromatic nitrogens is 1. The van der Waals surface area contributed by atoms with Gasteiger partial charge in [-0.3, -0.25) is 9.78 Å². The molecule has 0 saturated carbocycles. The zero-order chi connectivity index (χ0) is 16.4. The first-order valence-electron chi connectivity index (χ1n) is 8.12. The molecule has 0 radical (unpaired) electrons. The first kappa shape index (κ1) is 15.7. The standard InChI is InChI=1S/C19H21FN2O/c1-3-19(23)22-10-4-5-18(22)17-12-15(11-13(2)21-17)14-6-8-16(20)9-7-14/h6-9,11-12,18H,3-5,10H2,1-2H3. The molecule has 1 aliphatic heterocycles. The highest BCUT2D eigenvalue weighted by atomic mass is 19.1. The Morgan fingerprint density at radius 2 is 2.00 bits per heavy atom. The van der Waals surface area contributed by atoms with E-state index in [1.807, 2.05) is 30.9 Å². The van der Waals surface area contributed by atoms with Crippen molar-refractivity contribution in [3.63, 3.8) is 0 Å². The summed E-state index contributed by atoms with van der Waals surface area (Å²) in [4.78, 5) is 18.7. The number of rotatable bonds is 3. The van der Waals surface area contributed by atoms with Crippen molar-refractivity contribution in [2.45, 2.75) is 39.2 Å². The molecular weight excluding hydrogens is 291 g/mol. The van der Waals surface area contributed by atoms with Crippen molar-refractivity contribution in [3.8, 4) is 11.1 Å². The van der Waals surface area contributed by atoms with E-state index in [4.69, 9.17) is 0 Å². The molecule has 1 aromatic heterocycles. The predicted octanol–water partition coefficient (Wildman–Crippen LogP) is 4.27. The second kappa shape index (κ2) is 6.49. The molecule has 2 aromatic rings. The molecule has 0 N–H and O–H groups in total. The van der Waals surface area contributed by atoms with Gasteiger partial charge in [0.05, 0.1) is 11.7 Å². The van der Waals surface area contributed by atoms with Crippen molar-refractivity contribution in [3.05, 3.63) is 53.6 Å². The molecule has 23 heavy (non-hydrogen) atoms. The van der Waals surface area contributed by atoms with Gasteiger partial charge in [-0.15, -0.1) is 0 Å². The second-order valence-corrected chi connectivity index (χ2v) is 6.03. The summed E-state index contributed by atoms with van der Waals surface area (Å²) in [5, 5.41) is 0. The number of benzene rings is 1. The smallest absolute Gasteiger partial charge is 0.222 e. The van der Waals surface area contributed by atoms with Crippen LogP contribution in [0.5, 0.6) is 0 Å². The number of nitrogens with zero attached hydrogens (tertiary/aromatic N) is 2. The minimum Gasteiger partial charge on any atom is -0.334 e. The van der Waals surface area contributed by atoms with Gasteiger partial charge in [-0.2, -0.15) is 0 Å². The Morgan fingerprint density at radius 1 is 1.26 bits per heavy atom. The third-order valence-electron chi connectivity index (χ3n) is 4.37. The molecule has 4 heteroatoms. The molecule has 1 amide bonds. The topological polar surface area (TPSA) is 33.2 Å². The number of hydrogen-bond acceptors (Lipinski definition) is 2. The highest BCUT2D eigenvalue weighted by Crippen LogP contribution is 2.33. The molecule has 3 nitrogen and oxygen atoms in total. The maximum atomic E-state index is 13.1. The number of halogens is 1.